The molecule has 1 N–H and O–H groups in total. The van der Waals surface area contributed by atoms with Crippen molar-refractivity contribution in [1.82, 2.24) is 10.3 Å². The number of amides is 2. The van der Waals surface area contributed by atoms with Crippen LogP contribution in [0.1, 0.15) is 30.4 Å². The Bertz CT molecular complexity index is 866. The van der Waals surface area contributed by atoms with Crippen molar-refractivity contribution in [3.63, 3.8) is 0 Å². The van der Waals surface area contributed by atoms with Gasteiger partial charge in [0.25, 0.3) is 5.91 Å². The van der Waals surface area contributed by atoms with Gasteiger partial charge in [-0.25, -0.2) is 13.4 Å². The number of thioether (sulfide) groups is 1. The highest BCUT2D eigenvalue weighted by Gasteiger charge is 2.37. The van der Waals surface area contributed by atoms with Gasteiger partial charge in [-0.15, -0.1) is 0 Å². The Balaban J connectivity index is 1.46. The van der Waals surface area contributed by atoms with Crippen LogP contribution in [0.4, 0.5) is 0 Å². The van der Waals surface area contributed by atoms with Gasteiger partial charge < -0.3 is 5.32 Å². The van der Waals surface area contributed by atoms with E-state index in [9.17, 15) is 18.0 Å². The van der Waals surface area contributed by atoms with Crippen LogP contribution >= 0.6 is 11.8 Å². The molecule has 2 amide bonds. The molecule has 0 radical (unpaired) electrons. The summed E-state index contributed by atoms with van der Waals surface area (Å²) in [4.78, 5) is 24.5. The van der Waals surface area contributed by atoms with Crippen LogP contribution in [0, 0.1) is 6.92 Å². The maximum atomic E-state index is 12.4. The minimum Gasteiger partial charge on any atom is -0.350 e. The zero-order chi connectivity index (χ0) is 20.1. The summed E-state index contributed by atoms with van der Waals surface area (Å²) in [6, 6.07) is 7.92. The average Bonchev–Trinajstić information content (AvgIpc) is 3.03. The zero-order valence-electron chi connectivity index (χ0n) is 15.9. The van der Waals surface area contributed by atoms with E-state index in [4.69, 9.17) is 0 Å². The van der Waals surface area contributed by atoms with Crippen LogP contribution in [-0.4, -0.2) is 60.8 Å². The van der Waals surface area contributed by atoms with Crippen LogP contribution in [0.15, 0.2) is 29.4 Å². The van der Waals surface area contributed by atoms with Gasteiger partial charge in [-0.05, 0) is 18.9 Å². The summed E-state index contributed by atoms with van der Waals surface area (Å²) < 4.78 is 23.3. The summed E-state index contributed by atoms with van der Waals surface area (Å²) in [6.07, 6.45) is 0.851. The van der Waals surface area contributed by atoms with Crippen LogP contribution in [0.2, 0.25) is 0 Å². The number of carbonyl (C=O) groups is 2. The van der Waals surface area contributed by atoms with E-state index in [0.29, 0.717) is 18.7 Å². The minimum absolute atomic E-state index is 0.0662. The molecule has 1 aromatic rings. The van der Waals surface area contributed by atoms with Crippen LogP contribution in [-0.2, 0) is 25.2 Å². The fourth-order valence-corrected chi connectivity index (χ4v) is 5.71. The Morgan fingerprint density at radius 2 is 2.04 bits per heavy atom. The number of nitrogens with zero attached hydrogens (tertiary/aromatic N) is 2. The second kappa shape index (κ2) is 9.09. The number of sulfone groups is 1. The first kappa shape index (κ1) is 20.9. The van der Waals surface area contributed by atoms with Gasteiger partial charge in [0.2, 0.25) is 5.91 Å². The normalized spacial score (nSPS) is 21.5. The first-order chi connectivity index (χ1) is 13.3. The molecule has 3 rings (SSSR count). The standard InChI is InChI=1S/C19H25N3O4S2/c1-14-2-4-15(5-3-14)12-27-10-9-20-19(24)17-6-7-18(23)22(21-17)16-8-11-28(25,26)13-16/h2-5,16H,6-13H2,1H3,(H,20,24). The molecule has 9 heteroatoms. The van der Waals surface area contributed by atoms with Crippen molar-refractivity contribution < 1.29 is 18.0 Å². The highest BCUT2D eigenvalue weighted by Crippen LogP contribution is 2.22. The highest BCUT2D eigenvalue weighted by molar-refractivity contribution is 7.98. The Morgan fingerprint density at radius 1 is 1.29 bits per heavy atom. The average molecular weight is 424 g/mol. The molecule has 1 atom stereocenters. The molecule has 2 aliphatic heterocycles. The molecular weight excluding hydrogens is 398 g/mol. The monoisotopic (exact) mass is 423 g/mol. The number of carbonyl (C=O) groups excluding carboxylic acids is 2. The lowest BCUT2D eigenvalue weighted by Gasteiger charge is -2.27. The fraction of sp³-hybridized carbons (Fsp3) is 0.526. The maximum absolute atomic E-state index is 12.4. The van der Waals surface area contributed by atoms with Gasteiger partial charge in [0.05, 0.1) is 17.5 Å². The van der Waals surface area contributed by atoms with Crippen molar-refractivity contribution in [3.05, 3.63) is 35.4 Å². The van der Waals surface area contributed by atoms with Crippen molar-refractivity contribution in [1.29, 1.82) is 0 Å². The van der Waals surface area contributed by atoms with Crippen molar-refractivity contribution in [3.8, 4) is 0 Å². The molecule has 0 aromatic heterocycles. The second-order valence-corrected chi connectivity index (χ2v) is 10.5. The van der Waals surface area contributed by atoms with E-state index >= 15 is 0 Å². The fourth-order valence-electron chi connectivity index (χ4n) is 3.20. The summed E-state index contributed by atoms with van der Waals surface area (Å²) in [6.45, 7) is 2.57. The summed E-state index contributed by atoms with van der Waals surface area (Å²) in [7, 11) is -3.12. The largest absolute Gasteiger partial charge is 0.350 e. The molecule has 0 spiro atoms. The molecule has 2 aliphatic rings. The summed E-state index contributed by atoms with van der Waals surface area (Å²) in [5, 5.41) is 8.24. The van der Waals surface area contributed by atoms with Gasteiger partial charge in [-0.3, -0.25) is 9.59 Å². The Hall–Kier alpha value is -1.87. The van der Waals surface area contributed by atoms with E-state index in [1.165, 1.54) is 16.1 Å². The Labute approximate surface area is 169 Å². The molecule has 1 fully saturated rings. The predicted octanol–water partition coefficient (Wildman–Crippen LogP) is 1.51. The third-order valence-corrected chi connectivity index (χ3v) is 7.58. The molecule has 1 aromatic carbocycles. The molecule has 2 heterocycles. The van der Waals surface area contributed by atoms with Gasteiger partial charge in [0.1, 0.15) is 5.71 Å². The molecule has 0 aliphatic carbocycles. The van der Waals surface area contributed by atoms with Gasteiger partial charge in [0.15, 0.2) is 9.84 Å². The zero-order valence-corrected chi connectivity index (χ0v) is 17.5. The number of hydrogen-bond donors (Lipinski definition) is 1. The SMILES string of the molecule is Cc1ccc(CSCCNC(=O)C2=NN(C3CCS(=O)(=O)C3)C(=O)CC2)cc1. The van der Waals surface area contributed by atoms with Gasteiger partial charge >= 0.3 is 0 Å². The number of nitrogens with one attached hydrogen (secondary N) is 1. The molecule has 152 valence electrons. The van der Waals surface area contributed by atoms with Gasteiger partial charge in [-0.2, -0.15) is 16.9 Å². The predicted molar refractivity (Wildman–Crippen MR) is 111 cm³/mol. The highest BCUT2D eigenvalue weighted by atomic mass is 32.2. The number of hydrazone groups is 1. The van der Waals surface area contributed by atoms with Gasteiger partial charge in [-0.1, -0.05) is 29.8 Å². The van der Waals surface area contributed by atoms with E-state index in [1.54, 1.807) is 11.8 Å². The molecule has 1 unspecified atom stereocenters. The topological polar surface area (TPSA) is 95.9 Å². The van der Waals surface area contributed by atoms with Crippen LogP contribution in [0.3, 0.4) is 0 Å². The van der Waals surface area contributed by atoms with Gasteiger partial charge in [0, 0.05) is 30.9 Å². The Morgan fingerprint density at radius 3 is 2.71 bits per heavy atom. The summed E-state index contributed by atoms with van der Waals surface area (Å²) in [5.74, 6) is 1.15. The number of benzene rings is 1. The summed E-state index contributed by atoms with van der Waals surface area (Å²) in [5.41, 5.74) is 2.78. The third kappa shape index (κ3) is 5.57. The van der Waals surface area contributed by atoms with Crippen LogP contribution in [0.25, 0.3) is 0 Å². The third-order valence-electron chi connectivity index (χ3n) is 4.80. The van der Waals surface area contributed by atoms with E-state index in [-0.39, 0.29) is 36.2 Å². The lowest BCUT2D eigenvalue weighted by molar-refractivity contribution is -0.133. The second-order valence-electron chi connectivity index (χ2n) is 7.14. The van der Waals surface area contributed by atoms with Crippen LogP contribution < -0.4 is 5.32 Å². The molecule has 1 saturated heterocycles. The number of hydrogen-bond acceptors (Lipinski definition) is 6. The van der Waals surface area contributed by atoms with E-state index < -0.39 is 15.9 Å². The number of rotatable bonds is 7. The van der Waals surface area contributed by atoms with Crippen molar-refractivity contribution in [2.45, 2.75) is 38.0 Å². The Kier molecular flexibility index (Phi) is 6.77. The minimum atomic E-state index is -3.12. The summed E-state index contributed by atoms with van der Waals surface area (Å²) >= 11 is 1.74. The van der Waals surface area contributed by atoms with Crippen LogP contribution in [0.5, 0.6) is 0 Å². The van der Waals surface area contributed by atoms with Crippen molar-refractivity contribution >= 4 is 39.1 Å². The van der Waals surface area contributed by atoms with E-state index in [2.05, 4.69) is 41.6 Å². The number of aryl methyl sites for hydroxylation is 1. The first-order valence-corrected chi connectivity index (χ1v) is 12.3. The van der Waals surface area contributed by atoms with Crippen molar-refractivity contribution in [2.24, 2.45) is 5.10 Å². The lowest BCUT2D eigenvalue weighted by atomic mass is 10.1. The molecule has 28 heavy (non-hydrogen) atoms. The van der Waals surface area contributed by atoms with E-state index in [0.717, 1.165) is 11.5 Å². The molecule has 0 bridgehead atoms. The molecule has 0 saturated carbocycles. The lowest BCUT2D eigenvalue weighted by Crippen LogP contribution is -2.44. The van der Waals surface area contributed by atoms with Crippen molar-refractivity contribution in [2.75, 3.05) is 23.8 Å². The first-order valence-electron chi connectivity index (χ1n) is 9.35. The smallest absolute Gasteiger partial charge is 0.267 e. The molecule has 7 nitrogen and oxygen atoms in total. The maximum Gasteiger partial charge on any atom is 0.267 e. The van der Waals surface area contributed by atoms with E-state index in [1.807, 2.05) is 0 Å². The molecular formula is C19H25N3O4S2. The quantitative estimate of drug-likeness (QED) is 0.671.